The van der Waals surface area contributed by atoms with Crippen molar-refractivity contribution >= 4 is 29.0 Å². The van der Waals surface area contributed by atoms with E-state index in [4.69, 9.17) is 10.1 Å². The van der Waals surface area contributed by atoms with Crippen molar-refractivity contribution in [1.82, 2.24) is 4.90 Å². The zero-order valence-electron chi connectivity index (χ0n) is 19.8. The standard InChI is InChI=1S/C28H28FN3O3/c1-3-32(2)17-19-6-12-22(13-7-19)30-27(20-9-4-18(5-10-20)8-15-25(33)34)26-23-14-11-21(29)16-24(23)31-28(26)35/h4-7,9-14,16,26H,3,8,15,17H2,1-2H3,(H,31,35)(H,33,34). The molecule has 2 N–H and O–H groups in total. The van der Waals surface area contributed by atoms with Crippen molar-refractivity contribution in [2.45, 2.75) is 32.2 Å². The van der Waals surface area contributed by atoms with Gasteiger partial charge in [-0.15, -0.1) is 0 Å². The Balaban J connectivity index is 1.72. The number of rotatable bonds is 9. The summed E-state index contributed by atoms with van der Waals surface area (Å²) >= 11 is 0. The van der Waals surface area contributed by atoms with Crippen molar-refractivity contribution in [3.05, 3.63) is 94.8 Å². The van der Waals surface area contributed by atoms with Gasteiger partial charge in [0, 0.05) is 18.7 Å². The molecule has 0 spiro atoms. The molecule has 1 unspecified atom stereocenters. The van der Waals surface area contributed by atoms with Gasteiger partial charge in [-0.1, -0.05) is 49.4 Å². The van der Waals surface area contributed by atoms with Gasteiger partial charge in [0.05, 0.1) is 11.4 Å². The van der Waals surface area contributed by atoms with Gasteiger partial charge in [0.15, 0.2) is 0 Å². The number of aliphatic carboxylic acids is 1. The summed E-state index contributed by atoms with van der Waals surface area (Å²) in [7, 11) is 2.06. The van der Waals surface area contributed by atoms with Gasteiger partial charge in [-0.3, -0.25) is 14.6 Å². The Morgan fingerprint density at radius 1 is 1.06 bits per heavy atom. The van der Waals surface area contributed by atoms with Crippen LogP contribution in [0.2, 0.25) is 0 Å². The molecular formula is C28H28FN3O3. The van der Waals surface area contributed by atoms with Gasteiger partial charge in [-0.05, 0) is 66.5 Å². The molecule has 1 aliphatic heterocycles. The average molecular weight is 474 g/mol. The van der Waals surface area contributed by atoms with E-state index in [2.05, 4.69) is 24.2 Å². The van der Waals surface area contributed by atoms with Crippen molar-refractivity contribution in [3.63, 3.8) is 0 Å². The van der Waals surface area contributed by atoms with E-state index in [-0.39, 0.29) is 12.3 Å². The summed E-state index contributed by atoms with van der Waals surface area (Å²) in [6, 6.07) is 19.6. The lowest BCUT2D eigenvalue weighted by Gasteiger charge is -2.15. The second kappa shape index (κ2) is 10.6. The number of aliphatic imine (C=N–C) groups is 1. The van der Waals surface area contributed by atoms with E-state index in [1.54, 1.807) is 6.07 Å². The summed E-state index contributed by atoms with van der Waals surface area (Å²) in [6.07, 6.45) is 0.464. The Kier molecular flexibility index (Phi) is 7.36. The van der Waals surface area contributed by atoms with Crippen molar-refractivity contribution in [1.29, 1.82) is 0 Å². The minimum atomic E-state index is -0.851. The van der Waals surface area contributed by atoms with Gasteiger partial charge in [-0.2, -0.15) is 0 Å². The summed E-state index contributed by atoms with van der Waals surface area (Å²) in [5.74, 6) is -2.23. The molecule has 35 heavy (non-hydrogen) atoms. The molecule has 0 radical (unpaired) electrons. The van der Waals surface area contributed by atoms with E-state index in [1.165, 1.54) is 12.1 Å². The number of fused-ring (bicyclic) bond motifs is 1. The number of carboxylic acid groups (broad SMARTS) is 1. The number of aryl methyl sites for hydroxylation is 1. The lowest BCUT2D eigenvalue weighted by atomic mass is 9.90. The molecule has 1 atom stereocenters. The molecule has 0 saturated carbocycles. The highest BCUT2D eigenvalue weighted by molar-refractivity contribution is 6.24. The zero-order chi connectivity index (χ0) is 24.9. The molecule has 3 aromatic rings. The molecule has 1 heterocycles. The number of carboxylic acids is 1. The number of carbonyl (C=O) groups excluding carboxylic acids is 1. The number of hydrogen-bond acceptors (Lipinski definition) is 4. The smallest absolute Gasteiger partial charge is 0.303 e. The minimum Gasteiger partial charge on any atom is -0.481 e. The third-order valence-electron chi connectivity index (χ3n) is 6.18. The van der Waals surface area contributed by atoms with Gasteiger partial charge in [-0.25, -0.2) is 4.39 Å². The lowest BCUT2D eigenvalue weighted by Crippen LogP contribution is -2.22. The summed E-state index contributed by atoms with van der Waals surface area (Å²) in [4.78, 5) is 31.0. The van der Waals surface area contributed by atoms with Crippen LogP contribution in [0.1, 0.15) is 41.5 Å². The van der Waals surface area contributed by atoms with Crippen LogP contribution >= 0.6 is 0 Å². The SMILES string of the molecule is CCN(C)Cc1ccc(N=C(c2ccc(CCC(=O)O)cc2)C2C(=O)Nc3cc(F)ccc32)cc1. The maximum atomic E-state index is 13.8. The highest BCUT2D eigenvalue weighted by Gasteiger charge is 2.35. The molecule has 0 aromatic heterocycles. The monoisotopic (exact) mass is 473 g/mol. The van der Waals surface area contributed by atoms with E-state index in [0.29, 0.717) is 29.1 Å². The van der Waals surface area contributed by atoms with Gasteiger partial charge in [0.2, 0.25) is 5.91 Å². The van der Waals surface area contributed by atoms with Crippen molar-refractivity contribution in [2.75, 3.05) is 18.9 Å². The first-order valence-corrected chi connectivity index (χ1v) is 11.6. The first-order chi connectivity index (χ1) is 16.8. The predicted octanol–water partition coefficient (Wildman–Crippen LogP) is 5.15. The molecule has 1 aliphatic rings. The van der Waals surface area contributed by atoms with Crippen molar-refractivity contribution < 1.29 is 19.1 Å². The third kappa shape index (κ3) is 5.81. The molecule has 0 saturated heterocycles. The largest absolute Gasteiger partial charge is 0.481 e. The van der Waals surface area contributed by atoms with Crippen LogP contribution in [0, 0.1) is 5.82 Å². The third-order valence-corrected chi connectivity index (χ3v) is 6.18. The second-order valence-electron chi connectivity index (χ2n) is 8.74. The molecule has 1 amide bonds. The maximum absolute atomic E-state index is 13.8. The highest BCUT2D eigenvalue weighted by Crippen LogP contribution is 2.36. The highest BCUT2D eigenvalue weighted by atomic mass is 19.1. The average Bonchev–Trinajstić information content (AvgIpc) is 3.17. The number of hydrogen-bond donors (Lipinski definition) is 2. The molecule has 0 bridgehead atoms. The van der Waals surface area contributed by atoms with Crippen molar-refractivity contribution in [2.24, 2.45) is 4.99 Å². The summed E-state index contributed by atoms with van der Waals surface area (Å²) in [5.41, 5.74) is 5.18. The number of benzene rings is 3. The number of anilines is 1. The number of nitrogens with zero attached hydrogens (tertiary/aromatic N) is 2. The summed E-state index contributed by atoms with van der Waals surface area (Å²) in [5, 5.41) is 11.7. The van der Waals surface area contributed by atoms with Crippen LogP contribution in [0.3, 0.4) is 0 Å². The van der Waals surface area contributed by atoms with Crippen molar-refractivity contribution in [3.8, 4) is 0 Å². The van der Waals surface area contributed by atoms with E-state index >= 15 is 0 Å². The van der Waals surface area contributed by atoms with Gasteiger partial charge >= 0.3 is 5.97 Å². The summed E-state index contributed by atoms with van der Waals surface area (Å²) in [6.45, 7) is 3.88. The molecule has 0 aliphatic carbocycles. The van der Waals surface area contributed by atoms with E-state index in [0.717, 1.165) is 29.8 Å². The van der Waals surface area contributed by atoms with Crippen LogP contribution in [0.25, 0.3) is 0 Å². The normalized spacial score (nSPS) is 15.3. The molecule has 4 rings (SSSR count). The van der Waals surface area contributed by atoms with Gasteiger partial charge in [0.25, 0.3) is 0 Å². The van der Waals surface area contributed by atoms with Crippen LogP contribution in [-0.2, 0) is 22.6 Å². The Morgan fingerprint density at radius 2 is 1.74 bits per heavy atom. The molecule has 7 heteroatoms. The zero-order valence-corrected chi connectivity index (χ0v) is 19.8. The Bertz CT molecular complexity index is 1250. The molecule has 180 valence electrons. The number of nitrogens with one attached hydrogen (secondary N) is 1. The van der Waals surface area contributed by atoms with E-state index < -0.39 is 17.7 Å². The fourth-order valence-corrected chi connectivity index (χ4v) is 4.13. The first kappa shape index (κ1) is 24.3. The van der Waals surface area contributed by atoms with Crippen LogP contribution in [0.4, 0.5) is 15.8 Å². The Morgan fingerprint density at radius 3 is 2.40 bits per heavy atom. The number of amides is 1. The quantitative estimate of drug-likeness (QED) is 0.421. The number of carbonyl (C=O) groups is 2. The van der Waals surface area contributed by atoms with Crippen LogP contribution in [0.5, 0.6) is 0 Å². The van der Waals surface area contributed by atoms with Crippen LogP contribution in [0.15, 0.2) is 71.7 Å². The first-order valence-electron chi connectivity index (χ1n) is 11.6. The Hall–Kier alpha value is -3.84. The summed E-state index contributed by atoms with van der Waals surface area (Å²) < 4.78 is 13.8. The van der Waals surface area contributed by atoms with Crippen LogP contribution in [-0.4, -0.2) is 41.2 Å². The predicted molar refractivity (Wildman–Crippen MR) is 135 cm³/mol. The second-order valence-corrected chi connectivity index (χ2v) is 8.74. The topological polar surface area (TPSA) is 82.0 Å². The van der Waals surface area contributed by atoms with E-state index in [9.17, 15) is 14.0 Å². The Labute approximate surface area is 204 Å². The maximum Gasteiger partial charge on any atom is 0.303 e. The van der Waals surface area contributed by atoms with Crippen LogP contribution < -0.4 is 5.32 Å². The molecular weight excluding hydrogens is 445 g/mol. The van der Waals surface area contributed by atoms with Gasteiger partial charge < -0.3 is 15.3 Å². The fraction of sp³-hybridized carbons (Fsp3) is 0.250. The van der Waals surface area contributed by atoms with E-state index in [1.807, 2.05) is 48.5 Å². The molecule has 6 nitrogen and oxygen atoms in total. The fourth-order valence-electron chi connectivity index (χ4n) is 4.13. The molecule has 3 aromatic carbocycles. The minimum absolute atomic E-state index is 0.0455. The van der Waals surface area contributed by atoms with Gasteiger partial charge in [0.1, 0.15) is 11.7 Å². The molecule has 0 fully saturated rings. The number of halogens is 1. The lowest BCUT2D eigenvalue weighted by molar-refractivity contribution is -0.137.